The highest BCUT2D eigenvalue weighted by atomic mass is 32.2. The van der Waals surface area contributed by atoms with Gasteiger partial charge < -0.3 is 24.5 Å². The molecule has 0 fully saturated rings. The van der Waals surface area contributed by atoms with Crippen LogP contribution < -0.4 is 10.6 Å². The number of benzene rings is 2. The van der Waals surface area contributed by atoms with Gasteiger partial charge in [-0.1, -0.05) is 32.0 Å². The van der Waals surface area contributed by atoms with Crippen molar-refractivity contribution in [3.05, 3.63) is 82.6 Å². The molecule has 0 aliphatic rings. The molecule has 0 radical (unpaired) electrons. The van der Waals surface area contributed by atoms with Gasteiger partial charge in [0.05, 0.1) is 56.4 Å². The lowest BCUT2D eigenvalue weighted by atomic mass is 10.1. The van der Waals surface area contributed by atoms with E-state index in [1.165, 1.54) is 17.5 Å². The quantitative estimate of drug-likeness (QED) is 0.202. The van der Waals surface area contributed by atoms with E-state index in [0.717, 1.165) is 5.56 Å². The zero-order chi connectivity index (χ0) is 34.0. The molecular formula is C33H46N4O7PS+. The Morgan fingerprint density at radius 3 is 2.24 bits per heavy atom. The summed E-state index contributed by atoms with van der Waals surface area (Å²) in [5.74, 6) is 0.342. The van der Waals surface area contributed by atoms with Gasteiger partial charge in [0.2, 0.25) is 10.0 Å². The molecule has 3 unspecified atom stereocenters. The topological polar surface area (TPSA) is 140 Å². The second-order valence-electron chi connectivity index (χ2n) is 11.7. The molecule has 0 aliphatic heterocycles. The highest BCUT2D eigenvalue weighted by Gasteiger charge is 2.34. The number of methoxy groups -OCH3 is 2. The van der Waals surface area contributed by atoms with Crippen molar-refractivity contribution in [2.75, 3.05) is 40.1 Å². The summed E-state index contributed by atoms with van der Waals surface area (Å²) in [6.07, 6.45) is 3.99. The summed E-state index contributed by atoms with van der Waals surface area (Å²) in [4.78, 5) is 30.8. The lowest BCUT2D eigenvalue weighted by molar-refractivity contribution is 0.0533. The number of nitrogens with zero attached hydrogens (tertiary/aromatic N) is 2. The van der Waals surface area contributed by atoms with E-state index in [-0.39, 0.29) is 41.9 Å². The van der Waals surface area contributed by atoms with E-state index in [1.54, 1.807) is 63.4 Å². The number of rotatable bonds is 17. The molecule has 1 aromatic heterocycles. The minimum atomic E-state index is -3.88. The van der Waals surface area contributed by atoms with E-state index in [4.69, 9.17) is 13.9 Å². The number of nitrogens with one attached hydrogen (secondary N) is 2. The summed E-state index contributed by atoms with van der Waals surface area (Å²) in [6.45, 7) is 10.2. The standard InChI is InChI=1S/C33H45N4O7PS/c1-22(2)18-37(46(40,41)28-14-12-25(13-15-28)20-42-5)19-31(43-6)29(21-45(7)8)36-33(39)27-11-9-10-26(16-27)32(38)34-17-30-23(3)35-24(4)44-30/h9-16,22,29,31H,7,17-21H2,1-6,8H3,(H-,34,36,38,39)/p+1. The molecule has 0 aliphatic carbocycles. The third-order valence-corrected chi connectivity index (χ3v) is 10.1. The zero-order valence-corrected chi connectivity index (χ0v) is 29.4. The second kappa shape index (κ2) is 16.9. The second-order valence-corrected chi connectivity index (χ2v) is 15.7. The molecule has 0 saturated heterocycles. The SMILES string of the molecule is C=[P+](C)CC(NC(=O)c1cccc(C(=O)NCc2oc(C)nc2C)c1)C(CN(CC(C)C)S(=O)(=O)c1ccc(COC)cc1)OC. The van der Waals surface area contributed by atoms with Crippen LogP contribution in [0.5, 0.6) is 0 Å². The van der Waals surface area contributed by atoms with Gasteiger partial charge in [-0.2, -0.15) is 4.31 Å². The Hall–Kier alpha value is -3.41. The predicted molar refractivity (Wildman–Crippen MR) is 181 cm³/mol. The minimum Gasteiger partial charge on any atom is -0.444 e. The maximum atomic E-state index is 13.8. The van der Waals surface area contributed by atoms with E-state index < -0.39 is 35.6 Å². The van der Waals surface area contributed by atoms with Gasteiger partial charge in [-0.05, 0) is 48.7 Å². The number of aromatic nitrogens is 1. The van der Waals surface area contributed by atoms with Crippen LogP contribution in [0.2, 0.25) is 0 Å². The van der Waals surface area contributed by atoms with Crippen molar-refractivity contribution in [2.24, 2.45) is 5.92 Å². The number of carbonyl (C=O) groups is 2. The van der Waals surface area contributed by atoms with Gasteiger partial charge in [0.1, 0.15) is 11.9 Å². The summed E-state index contributed by atoms with van der Waals surface area (Å²) in [5.41, 5.74) is 2.15. The molecular weight excluding hydrogens is 627 g/mol. The van der Waals surface area contributed by atoms with Crippen LogP contribution in [0.1, 0.15) is 57.5 Å². The van der Waals surface area contributed by atoms with Crippen LogP contribution in [-0.4, -0.2) is 88.1 Å². The number of hydrogen-bond donors (Lipinski definition) is 2. The molecule has 250 valence electrons. The van der Waals surface area contributed by atoms with Gasteiger partial charge in [-0.3, -0.25) is 9.59 Å². The van der Waals surface area contributed by atoms with Crippen molar-refractivity contribution >= 4 is 35.7 Å². The number of aryl methyl sites for hydroxylation is 2. The van der Waals surface area contributed by atoms with E-state index in [9.17, 15) is 18.0 Å². The molecule has 1 heterocycles. The molecule has 13 heteroatoms. The lowest BCUT2D eigenvalue weighted by Gasteiger charge is -2.31. The molecule has 11 nitrogen and oxygen atoms in total. The first kappa shape index (κ1) is 37.1. The third kappa shape index (κ3) is 10.3. The fourth-order valence-electron chi connectivity index (χ4n) is 4.96. The minimum absolute atomic E-state index is 0.0218. The smallest absolute Gasteiger partial charge is 0.251 e. The van der Waals surface area contributed by atoms with Gasteiger partial charge in [0.25, 0.3) is 11.8 Å². The van der Waals surface area contributed by atoms with Crippen LogP contribution in [0.4, 0.5) is 0 Å². The Kier molecular flexibility index (Phi) is 13.6. The summed E-state index contributed by atoms with van der Waals surface area (Å²) in [7, 11) is -1.54. The molecule has 2 amide bonds. The van der Waals surface area contributed by atoms with Gasteiger partial charge in [-0.25, -0.2) is 13.4 Å². The third-order valence-electron chi connectivity index (χ3n) is 7.20. The van der Waals surface area contributed by atoms with E-state index in [1.807, 2.05) is 20.5 Å². The van der Waals surface area contributed by atoms with Crippen LogP contribution in [0.15, 0.2) is 57.8 Å². The van der Waals surface area contributed by atoms with Crippen molar-refractivity contribution in [2.45, 2.75) is 57.9 Å². The van der Waals surface area contributed by atoms with Crippen molar-refractivity contribution < 1.29 is 31.9 Å². The van der Waals surface area contributed by atoms with Gasteiger partial charge in [0.15, 0.2) is 5.89 Å². The van der Waals surface area contributed by atoms with Crippen LogP contribution in [-0.2, 0) is 32.6 Å². The summed E-state index contributed by atoms with van der Waals surface area (Å²) in [6, 6.07) is 12.5. The number of sulfonamides is 1. The van der Waals surface area contributed by atoms with Crippen LogP contribution >= 0.6 is 7.55 Å². The number of oxazole rings is 1. The van der Waals surface area contributed by atoms with Crippen molar-refractivity contribution in [3.63, 3.8) is 0 Å². The highest BCUT2D eigenvalue weighted by Crippen LogP contribution is 2.23. The van der Waals surface area contributed by atoms with Gasteiger partial charge >= 0.3 is 0 Å². The van der Waals surface area contributed by atoms with Crippen molar-refractivity contribution in [3.8, 4) is 0 Å². The first-order chi connectivity index (χ1) is 21.7. The first-order valence-electron chi connectivity index (χ1n) is 15.0. The first-order valence-corrected chi connectivity index (χ1v) is 18.6. The number of amides is 2. The number of hydrogen-bond acceptors (Lipinski definition) is 8. The highest BCUT2D eigenvalue weighted by molar-refractivity contribution is 7.89. The Bertz CT molecular complexity index is 1610. The normalized spacial score (nSPS) is 13.5. The molecule has 0 bridgehead atoms. The Balaban J connectivity index is 1.80. The average Bonchev–Trinajstić information content (AvgIpc) is 3.33. The van der Waals surface area contributed by atoms with Crippen molar-refractivity contribution in [1.82, 2.24) is 19.9 Å². The Morgan fingerprint density at radius 2 is 1.70 bits per heavy atom. The Morgan fingerprint density at radius 1 is 1.04 bits per heavy atom. The van der Waals surface area contributed by atoms with Gasteiger partial charge in [0, 0.05) is 45.4 Å². The molecule has 46 heavy (non-hydrogen) atoms. The summed E-state index contributed by atoms with van der Waals surface area (Å²) >= 11 is 0. The van der Waals surface area contributed by atoms with Crippen LogP contribution in [0.3, 0.4) is 0 Å². The monoisotopic (exact) mass is 673 g/mol. The zero-order valence-electron chi connectivity index (χ0n) is 27.7. The average molecular weight is 674 g/mol. The van der Waals surface area contributed by atoms with E-state index >= 15 is 0 Å². The van der Waals surface area contributed by atoms with Crippen LogP contribution in [0, 0.1) is 19.8 Å². The lowest BCUT2D eigenvalue weighted by Crippen LogP contribution is -2.52. The molecule has 3 atom stereocenters. The number of ether oxygens (including phenoxy) is 2. The fraction of sp³-hybridized carbons (Fsp3) is 0.455. The van der Waals surface area contributed by atoms with Gasteiger partial charge in [-0.15, -0.1) is 0 Å². The maximum absolute atomic E-state index is 13.8. The molecule has 0 spiro atoms. The number of carbonyl (C=O) groups excluding carboxylic acids is 2. The molecule has 3 aromatic rings. The summed E-state index contributed by atoms with van der Waals surface area (Å²) in [5, 5.41) is 5.85. The summed E-state index contributed by atoms with van der Waals surface area (Å²) < 4.78 is 45.6. The fourth-order valence-corrected chi connectivity index (χ4v) is 7.58. The van der Waals surface area contributed by atoms with E-state index in [2.05, 4.69) is 21.9 Å². The van der Waals surface area contributed by atoms with E-state index in [0.29, 0.717) is 35.7 Å². The maximum Gasteiger partial charge on any atom is 0.251 e. The molecule has 0 saturated carbocycles. The molecule has 3 rings (SSSR count). The van der Waals surface area contributed by atoms with Crippen LogP contribution in [0.25, 0.3) is 0 Å². The Labute approximate surface area is 273 Å². The van der Waals surface area contributed by atoms with Crippen molar-refractivity contribution in [1.29, 1.82) is 0 Å². The molecule has 2 N–H and O–H groups in total. The molecule has 2 aromatic carbocycles. The predicted octanol–water partition coefficient (Wildman–Crippen LogP) is 4.37. The largest absolute Gasteiger partial charge is 0.444 e.